The normalized spacial score (nSPS) is 10.4. The van der Waals surface area contributed by atoms with Crippen molar-refractivity contribution in [3.05, 3.63) is 44.6 Å². The van der Waals surface area contributed by atoms with Crippen LogP contribution in [0.2, 0.25) is 5.02 Å². The number of phenolic OH excluding ortho intramolecular Hbond substituents is 1. The maximum absolute atomic E-state index is 12.0. The Kier molecular flexibility index (Phi) is 3.59. The summed E-state index contributed by atoms with van der Waals surface area (Å²) in [6.07, 6.45) is 0. The van der Waals surface area contributed by atoms with Gasteiger partial charge < -0.3 is 10.4 Å². The molecule has 0 saturated heterocycles. The molecule has 0 unspecified atom stereocenters. The molecule has 94 valence electrons. The molecule has 0 atom stereocenters. The summed E-state index contributed by atoms with van der Waals surface area (Å²) in [6.45, 7) is 3.95. The van der Waals surface area contributed by atoms with Crippen LogP contribution in [0, 0.1) is 13.8 Å². The van der Waals surface area contributed by atoms with Gasteiger partial charge in [-0.05, 0) is 43.7 Å². The predicted octanol–water partition coefficient (Wildman–Crippen LogP) is 3.98. The summed E-state index contributed by atoms with van der Waals surface area (Å²) in [4.78, 5) is 13.8. The Balaban J connectivity index is 2.18. The average molecular weight is 282 g/mol. The second kappa shape index (κ2) is 5.00. The lowest BCUT2D eigenvalue weighted by Crippen LogP contribution is -2.09. The molecular formula is C13H12ClNO2S. The zero-order chi connectivity index (χ0) is 13.3. The van der Waals surface area contributed by atoms with Crippen molar-refractivity contribution in [1.29, 1.82) is 0 Å². The molecule has 2 N–H and O–H groups in total. The van der Waals surface area contributed by atoms with Crippen molar-refractivity contribution >= 4 is 34.5 Å². The Morgan fingerprint density at radius 3 is 2.61 bits per heavy atom. The molecule has 5 heteroatoms. The fraction of sp³-hybridized carbons (Fsp3) is 0.154. The number of thiophene rings is 1. The van der Waals surface area contributed by atoms with Crippen LogP contribution in [0.3, 0.4) is 0 Å². The van der Waals surface area contributed by atoms with Crippen molar-refractivity contribution in [3.8, 4) is 5.75 Å². The molecular weight excluding hydrogens is 270 g/mol. The molecule has 0 aliphatic carbocycles. The fourth-order valence-electron chi connectivity index (χ4n) is 1.46. The van der Waals surface area contributed by atoms with Crippen LogP contribution in [0.25, 0.3) is 0 Å². The quantitative estimate of drug-likeness (QED) is 0.818. The Hall–Kier alpha value is -1.52. The SMILES string of the molecule is Cc1cc(C(=O)Nc2ccc(O)c(Cl)c2)sc1C. The van der Waals surface area contributed by atoms with E-state index in [9.17, 15) is 9.90 Å². The summed E-state index contributed by atoms with van der Waals surface area (Å²) in [5, 5.41) is 12.2. The van der Waals surface area contributed by atoms with Crippen LogP contribution >= 0.6 is 22.9 Å². The molecule has 1 heterocycles. The summed E-state index contributed by atoms with van der Waals surface area (Å²) in [5.41, 5.74) is 1.67. The second-order valence-electron chi connectivity index (χ2n) is 3.97. The number of anilines is 1. The Morgan fingerprint density at radius 2 is 2.06 bits per heavy atom. The topological polar surface area (TPSA) is 49.3 Å². The molecule has 0 aliphatic heterocycles. The van der Waals surface area contributed by atoms with Crippen molar-refractivity contribution in [3.63, 3.8) is 0 Å². The van der Waals surface area contributed by atoms with Crippen LogP contribution in [-0.2, 0) is 0 Å². The number of carbonyl (C=O) groups excluding carboxylic acids is 1. The van der Waals surface area contributed by atoms with Crippen LogP contribution in [0.1, 0.15) is 20.1 Å². The van der Waals surface area contributed by atoms with Gasteiger partial charge in [0.2, 0.25) is 0 Å². The molecule has 0 saturated carbocycles. The highest BCUT2D eigenvalue weighted by atomic mass is 35.5. The third kappa shape index (κ3) is 2.66. The number of rotatable bonds is 2. The minimum Gasteiger partial charge on any atom is -0.506 e. The van der Waals surface area contributed by atoms with Crippen molar-refractivity contribution in [2.24, 2.45) is 0 Å². The molecule has 2 aromatic rings. The van der Waals surface area contributed by atoms with Gasteiger partial charge in [-0.15, -0.1) is 11.3 Å². The van der Waals surface area contributed by atoms with Gasteiger partial charge in [0.05, 0.1) is 9.90 Å². The molecule has 0 spiro atoms. The molecule has 18 heavy (non-hydrogen) atoms. The first-order chi connectivity index (χ1) is 8.47. The van der Waals surface area contributed by atoms with Crippen LogP contribution in [-0.4, -0.2) is 11.0 Å². The number of aromatic hydroxyl groups is 1. The average Bonchev–Trinajstić information content (AvgIpc) is 2.65. The monoisotopic (exact) mass is 281 g/mol. The first-order valence-electron chi connectivity index (χ1n) is 5.34. The standard InChI is InChI=1S/C13H12ClNO2S/c1-7-5-12(18-8(7)2)13(17)15-9-3-4-11(16)10(14)6-9/h3-6,16H,1-2H3,(H,15,17). The van der Waals surface area contributed by atoms with Crippen molar-refractivity contribution < 1.29 is 9.90 Å². The maximum atomic E-state index is 12.0. The molecule has 1 aromatic carbocycles. The summed E-state index contributed by atoms with van der Waals surface area (Å²) >= 11 is 7.23. The van der Waals surface area contributed by atoms with Crippen LogP contribution in [0.5, 0.6) is 5.75 Å². The van der Waals surface area contributed by atoms with E-state index in [1.54, 1.807) is 6.07 Å². The highest BCUT2D eigenvalue weighted by molar-refractivity contribution is 7.14. The van der Waals surface area contributed by atoms with Crippen LogP contribution in [0.4, 0.5) is 5.69 Å². The van der Waals surface area contributed by atoms with Gasteiger partial charge in [-0.1, -0.05) is 11.6 Å². The Bertz CT molecular complexity index is 588. The number of amides is 1. The smallest absolute Gasteiger partial charge is 0.265 e. The zero-order valence-electron chi connectivity index (χ0n) is 9.95. The summed E-state index contributed by atoms with van der Waals surface area (Å²) in [5.74, 6) is -0.171. The number of carbonyl (C=O) groups is 1. The first kappa shape index (κ1) is 12.9. The lowest BCUT2D eigenvalue weighted by Gasteiger charge is -2.04. The van der Waals surface area contributed by atoms with E-state index in [0.29, 0.717) is 10.6 Å². The molecule has 0 fully saturated rings. The van der Waals surface area contributed by atoms with Crippen molar-refractivity contribution in [2.45, 2.75) is 13.8 Å². The van der Waals surface area contributed by atoms with E-state index < -0.39 is 0 Å². The van der Waals surface area contributed by atoms with Gasteiger partial charge in [-0.25, -0.2) is 0 Å². The number of nitrogens with one attached hydrogen (secondary N) is 1. The number of halogens is 1. The number of benzene rings is 1. The van der Waals surface area contributed by atoms with E-state index in [1.165, 1.54) is 23.5 Å². The van der Waals surface area contributed by atoms with Gasteiger partial charge >= 0.3 is 0 Å². The number of phenols is 1. The largest absolute Gasteiger partial charge is 0.506 e. The molecule has 1 aromatic heterocycles. The highest BCUT2D eigenvalue weighted by Crippen LogP contribution is 2.27. The van der Waals surface area contributed by atoms with E-state index in [1.807, 2.05) is 19.9 Å². The van der Waals surface area contributed by atoms with E-state index in [2.05, 4.69) is 5.32 Å². The van der Waals surface area contributed by atoms with E-state index in [4.69, 9.17) is 11.6 Å². The van der Waals surface area contributed by atoms with E-state index in [0.717, 1.165) is 10.4 Å². The third-order valence-electron chi connectivity index (χ3n) is 2.60. The maximum Gasteiger partial charge on any atom is 0.265 e. The van der Waals surface area contributed by atoms with E-state index in [-0.39, 0.29) is 16.7 Å². The van der Waals surface area contributed by atoms with Gasteiger partial charge in [0.1, 0.15) is 5.75 Å². The number of hydrogen-bond acceptors (Lipinski definition) is 3. The summed E-state index contributed by atoms with van der Waals surface area (Å²) in [7, 11) is 0. The number of aryl methyl sites for hydroxylation is 2. The summed E-state index contributed by atoms with van der Waals surface area (Å²) < 4.78 is 0. The molecule has 3 nitrogen and oxygen atoms in total. The van der Waals surface area contributed by atoms with Crippen molar-refractivity contribution in [1.82, 2.24) is 0 Å². The molecule has 1 amide bonds. The Morgan fingerprint density at radius 1 is 1.33 bits per heavy atom. The Labute approximate surface area is 114 Å². The van der Waals surface area contributed by atoms with Gasteiger partial charge in [0, 0.05) is 10.6 Å². The van der Waals surface area contributed by atoms with Crippen LogP contribution < -0.4 is 5.32 Å². The van der Waals surface area contributed by atoms with Crippen molar-refractivity contribution in [2.75, 3.05) is 5.32 Å². The highest BCUT2D eigenvalue weighted by Gasteiger charge is 2.11. The molecule has 0 aliphatic rings. The predicted molar refractivity (Wildman–Crippen MR) is 74.9 cm³/mol. The lowest BCUT2D eigenvalue weighted by atomic mass is 10.2. The first-order valence-corrected chi connectivity index (χ1v) is 6.53. The molecule has 2 rings (SSSR count). The van der Waals surface area contributed by atoms with E-state index >= 15 is 0 Å². The molecule has 0 bridgehead atoms. The molecule has 0 radical (unpaired) electrons. The lowest BCUT2D eigenvalue weighted by molar-refractivity contribution is 0.103. The van der Waals surface area contributed by atoms with Gasteiger partial charge in [0.15, 0.2) is 0 Å². The minimum absolute atomic E-state index is 0.00234. The second-order valence-corrected chi connectivity index (χ2v) is 5.63. The fourth-order valence-corrected chi connectivity index (χ4v) is 2.57. The van der Waals surface area contributed by atoms with Gasteiger partial charge in [0.25, 0.3) is 5.91 Å². The third-order valence-corrected chi connectivity index (χ3v) is 4.05. The minimum atomic E-state index is -0.169. The van der Waals surface area contributed by atoms with Gasteiger partial charge in [-0.3, -0.25) is 4.79 Å². The van der Waals surface area contributed by atoms with Crippen LogP contribution in [0.15, 0.2) is 24.3 Å². The summed E-state index contributed by atoms with van der Waals surface area (Å²) in [6, 6.07) is 6.43. The zero-order valence-corrected chi connectivity index (χ0v) is 11.5. The van der Waals surface area contributed by atoms with Gasteiger partial charge in [-0.2, -0.15) is 0 Å². The number of hydrogen-bond donors (Lipinski definition) is 2.